The van der Waals surface area contributed by atoms with E-state index in [1.54, 1.807) is 0 Å². The van der Waals surface area contributed by atoms with Gasteiger partial charge in [-0.2, -0.15) is 13.2 Å². The zero-order chi connectivity index (χ0) is 14.6. The summed E-state index contributed by atoms with van der Waals surface area (Å²) < 4.78 is 42.9. The Kier molecular flexibility index (Phi) is 5.01. The lowest BCUT2D eigenvalue weighted by Gasteiger charge is -2.30. The van der Waals surface area contributed by atoms with Crippen LogP contribution in [0.1, 0.15) is 17.0 Å². The van der Waals surface area contributed by atoms with Crippen molar-refractivity contribution in [2.75, 3.05) is 39.4 Å². The molecule has 1 aromatic carbocycles. The van der Waals surface area contributed by atoms with Crippen LogP contribution in [0.25, 0.3) is 0 Å². The van der Waals surface area contributed by atoms with E-state index in [-0.39, 0.29) is 5.92 Å². The minimum Gasteiger partial charge on any atom is -0.379 e. The summed E-state index contributed by atoms with van der Waals surface area (Å²) in [5.74, 6) is 0.0513. The van der Waals surface area contributed by atoms with Crippen molar-refractivity contribution in [2.45, 2.75) is 12.1 Å². The maximum absolute atomic E-state index is 12.5. The molecule has 1 fully saturated rings. The first-order valence-corrected chi connectivity index (χ1v) is 6.68. The molecule has 112 valence electrons. The van der Waals surface area contributed by atoms with Crippen LogP contribution >= 0.6 is 0 Å². The Hall–Kier alpha value is -1.11. The predicted molar refractivity (Wildman–Crippen MR) is 70.5 cm³/mol. The second-order valence-electron chi connectivity index (χ2n) is 4.97. The molecule has 1 saturated heterocycles. The number of rotatable bonds is 4. The molecule has 1 heterocycles. The fraction of sp³-hybridized carbons (Fsp3) is 0.571. The van der Waals surface area contributed by atoms with E-state index in [2.05, 4.69) is 4.90 Å². The van der Waals surface area contributed by atoms with Crippen molar-refractivity contribution in [3.63, 3.8) is 0 Å². The van der Waals surface area contributed by atoms with E-state index in [1.807, 2.05) is 0 Å². The van der Waals surface area contributed by atoms with Crippen LogP contribution in [0.15, 0.2) is 24.3 Å². The van der Waals surface area contributed by atoms with Crippen molar-refractivity contribution in [3.8, 4) is 0 Å². The van der Waals surface area contributed by atoms with E-state index in [1.165, 1.54) is 12.1 Å². The molecule has 0 aromatic heterocycles. The fourth-order valence-corrected chi connectivity index (χ4v) is 2.36. The molecule has 3 nitrogen and oxygen atoms in total. The van der Waals surface area contributed by atoms with Crippen molar-refractivity contribution in [1.29, 1.82) is 0 Å². The molecule has 1 aromatic rings. The number of benzene rings is 1. The summed E-state index contributed by atoms with van der Waals surface area (Å²) in [6, 6.07) is 5.30. The zero-order valence-electron chi connectivity index (χ0n) is 11.2. The third kappa shape index (κ3) is 3.94. The summed E-state index contributed by atoms with van der Waals surface area (Å²) in [5.41, 5.74) is 6.00. The Morgan fingerprint density at radius 1 is 1.15 bits per heavy atom. The quantitative estimate of drug-likeness (QED) is 0.922. The molecule has 1 atom stereocenters. The van der Waals surface area contributed by atoms with Gasteiger partial charge in [-0.3, -0.25) is 4.90 Å². The molecule has 20 heavy (non-hydrogen) atoms. The van der Waals surface area contributed by atoms with Gasteiger partial charge in [0.2, 0.25) is 0 Å². The molecular weight excluding hydrogens is 269 g/mol. The van der Waals surface area contributed by atoms with E-state index in [4.69, 9.17) is 10.5 Å². The van der Waals surface area contributed by atoms with Crippen LogP contribution < -0.4 is 5.73 Å². The van der Waals surface area contributed by atoms with E-state index < -0.39 is 11.7 Å². The number of ether oxygens (including phenoxy) is 1. The topological polar surface area (TPSA) is 38.5 Å². The first-order valence-electron chi connectivity index (χ1n) is 6.68. The number of alkyl halides is 3. The highest BCUT2D eigenvalue weighted by Crippen LogP contribution is 2.30. The molecule has 2 rings (SSSR count). The smallest absolute Gasteiger partial charge is 0.379 e. The maximum atomic E-state index is 12.5. The fourth-order valence-electron chi connectivity index (χ4n) is 2.36. The molecular formula is C14H19F3N2O. The lowest BCUT2D eigenvalue weighted by molar-refractivity contribution is -0.137. The van der Waals surface area contributed by atoms with Gasteiger partial charge in [-0.25, -0.2) is 0 Å². The van der Waals surface area contributed by atoms with Crippen LogP contribution in [0.3, 0.4) is 0 Å². The molecule has 0 bridgehead atoms. The highest BCUT2D eigenvalue weighted by Gasteiger charge is 2.30. The molecule has 6 heteroatoms. The second-order valence-corrected chi connectivity index (χ2v) is 4.97. The highest BCUT2D eigenvalue weighted by molar-refractivity contribution is 5.27. The monoisotopic (exact) mass is 288 g/mol. The molecule has 1 aliphatic heterocycles. The molecule has 0 spiro atoms. The number of hydrogen-bond acceptors (Lipinski definition) is 3. The Labute approximate surface area is 116 Å². The van der Waals surface area contributed by atoms with Crippen molar-refractivity contribution in [1.82, 2.24) is 4.90 Å². The van der Waals surface area contributed by atoms with E-state index in [0.717, 1.165) is 37.3 Å². The average Bonchev–Trinajstić information content (AvgIpc) is 2.45. The van der Waals surface area contributed by atoms with E-state index in [0.29, 0.717) is 19.8 Å². The molecule has 0 aliphatic carbocycles. The second kappa shape index (κ2) is 6.56. The van der Waals surface area contributed by atoms with Crippen molar-refractivity contribution in [2.24, 2.45) is 5.73 Å². The largest absolute Gasteiger partial charge is 0.416 e. The van der Waals surface area contributed by atoms with Gasteiger partial charge >= 0.3 is 6.18 Å². The van der Waals surface area contributed by atoms with Gasteiger partial charge < -0.3 is 10.5 Å². The van der Waals surface area contributed by atoms with Gasteiger partial charge in [-0.05, 0) is 17.7 Å². The van der Waals surface area contributed by atoms with Crippen LogP contribution in [-0.4, -0.2) is 44.3 Å². The SMILES string of the molecule is NCC(CN1CCOCC1)c1ccc(C(F)(F)F)cc1. The van der Waals surface area contributed by atoms with Crippen LogP contribution in [-0.2, 0) is 10.9 Å². The normalized spacial score (nSPS) is 19.0. The molecule has 1 aliphatic rings. The summed E-state index contributed by atoms with van der Waals surface area (Å²) in [7, 11) is 0. The van der Waals surface area contributed by atoms with Crippen LogP contribution in [0.2, 0.25) is 0 Å². The van der Waals surface area contributed by atoms with Gasteiger partial charge in [-0.15, -0.1) is 0 Å². The van der Waals surface area contributed by atoms with Crippen molar-refractivity contribution in [3.05, 3.63) is 35.4 Å². The lowest BCUT2D eigenvalue weighted by Crippen LogP contribution is -2.40. The number of halogens is 3. The molecule has 0 radical (unpaired) electrons. The third-order valence-corrected chi connectivity index (χ3v) is 3.58. The number of hydrogen-bond donors (Lipinski definition) is 1. The first-order chi connectivity index (χ1) is 9.50. The van der Waals surface area contributed by atoms with Gasteiger partial charge in [0.05, 0.1) is 18.8 Å². The Morgan fingerprint density at radius 3 is 2.25 bits per heavy atom. The molecule has 0 amide bonds. The zero-order valence-corrected chi connectivity index (χ0v) is 11.2. The standard InChI is InChI=1S/C14H19F3N2O/c15-14(16,17)13-3-1-11(2-4-13)12(9-18)10-19-5-7-20-8-6-19/h1-4,12H,5-10,18H2. The third-order valence-electron chi connectivity index (χ3n) is 3.58. The van der Waals surface area contributed by atoms with Crippen LogP contribution in [0.5, 0.6) is 0 Å². The number of nitrogens with two attached hydrogens (primary N) is 1. The van der Waals surface area contributed by atoms with Crippen LogP contribution in [0, 0.1) is 0 Å². The molecule has 0 saturated carbocycles. The Bertz CT molecular complexity index is 413. The van der Waals surface area contributed by atoms with Crippen LogP contribution in [0.4, 0.5) is 13.2 Å². The van der Waals surface area contributed by atoms with Gasteiger partial charge in [0.15, 0.2) is 0 Å². The first kappa shape index (κ1) is 15.3. The summed E-state index contributed by atoms with van der Waals surface area (Å²) in [5, 5.41) is 0. The molecule has 2 N–H and O–H groups in total. The molecule has 1 unspecified atom stereocenters. The van der Waals surface area contributed by atoms with E-state index in [9.17, 15) is 13.2 Å². The summed E-state index contributed by atoms with van der Waals surface area (Å²) in [4.78, 5) is 2.23. The highest BCUT2D eigenvalue weighted by atomic mass is 19.4. The lowest BCUT2D eigenvalue weighted by atomic mass is 9.97. The van der Waals surface area contributed by atoms with Crippen molar-refractivity contribution < 1.29 is 17.9 Å². The van der Waals surface area contributed by atoms with Gasteiger partial charge in [0.25, 0.3) is 0 Å². The minimum absolute atomic E-state index is 0.0513. The Balaban J connectivity index is 2.03. The van der Waals surface area contributed by atoms with Crippen molar-refractivity contribution >= 4 is 0 Å². The number of nitrogens with zero attached hydrogens (tertiary/aromatic N) is 1. The summed E-state index contributed by atoms with van der Waals surface area (Å²) in [6.45, 7) is 4.26. The average molecular weight is 288 g/mol. The maximum Gasteiger partial charge on any atom is 0.416 e. The van der Waals surface area contributed by atoms with Gasteiger partial charge in [0, 0.05) is 32.1 Å². The minimum atomic E-state index is -4.29. The Morgan fingerprint density at radius 2 is 1.75 bits per heavy atom. The summed E-state index contributed by atoms with van der Waals surface area (Å²) in [6.07, 6.45) is -4.29. The van der Waals surface area contributed by atoms with E-state index >= 15 is 0 Å². The number of morpholine rings is 1. The summed E-state index contributed by atoms with van der Waals surface area (Å²) >= 11 is 0. The van der Waals surface area contributed by atoms with Gasteiger partial charge in [0.1, 0.15) is 0 Å². The van der Waals surface area contributed by atoms with Gasteiger partial charge in [-0.1, -0.05) is 12.1 Å². The predicted octanol–water partition coefficient (Wildman–Crippen LogP) is 2.08.